The predicted molar refractivity (Wildman–Crippen MR) is 78.5 cm³/mol. The van der Waals surface area contributed by atoms with Crippen LogP contribution in [-0.2, 0) is 4.79 Å². The quantitative estimate of drug-likeness (QED) is 0.915. The lowest BCUT2D eigenvalue weighted by Crippen LogP contribution is -2.46. The SMILES string of the molecule is CCCNC(=O)C1CCCN1C(=O)c1ccc(C#N)cc1. The van der Waals surface area contributed by atoms with Gasteiger partial charge in [-0.25, -0.2) is 0 Å². The molecule has 1 aliphatic rings. The van der Waals surface area contributed by atoms with Gasteiger partial charge >= 0.3 is 0 Å². The van der Waals surface area contributed by atoms with Crippen molar-refractivity contribution in [2.45, 2.75) is 32.2 Å². The number of nitrogens with one attached hydrogen (secondary N) is 1. The predicted octanol–water partition coefficient (Wildman–Crippen LogP) is 1.69. The Morgan fingerprint density at radius 1 is 1.38 bits per heavy atom. The number of likely N-dealkylation sites (tertiary alicyclic amines) is 1. The van der Waals surface area contributed by atoms with Crippen LogP contribution in [0.5, 0.6) is 0 Å². The van der Waals surface area contributed by atoms with Crippen molar-refractivity contribution in [3.8, 4) is 6.07 Å². The van der Waals surface area contributed by atoms with Gasteiger partial charge in [0.25, 0.3) is 5.91 Å². The zero-order valence-electron chi connectivity index (χ0n) is 12.1. The lowest BCUT2D eigenvalue weighted by atomic mass is 10.1. The highest BCUT2D eigenvalue weighted by molar-refractivity contribution is 5.98. The molecule has 0 saturated carbocycles. The van der Waals surface area contributed by atoms with E-state index in [2.05, 4.69) is 5.32 Å². The van der Waals surface area contributed by atoms with Crippen molar-refractivity contribution in [3.63, 3.8) is 0 Å². The summed E-state index contributed by atoms with van der Waals surface area (Å²) < 4.78 is 0. The summed E-state index contributed by atoms with van der Waals surface area (Å²) >= 11 is 0. The van der Waals surface area contributed by atoms with Crippen LogP contribution >= 0.6 is 0 Å². The van der Waals surface area contributed by atoms with Crippen LogP contribution in [0.4, 0.5) is 0 Å². The lowest BCUT2D eigenvalue weighted by Gasteiger charge is -2.24. The number of benzene rings is 1. The van der Waals surface area contributed by atoms with E-state index in [1.807, 2.05) is 13.0 Å². The minimum absolute atomic E-state index is 0.0728. The Morgan fingerprint density at radius 3 is 2.71 bits per heavy atom. The summed E-state index contributed by atoms with van der Waals surface area (Å²) in [6, 6.07) is 8.17. The molecule has 0 aromatic heterocycles. The summed E-state index contributed by atoms with van der Waals surface area (Å²) in [7, 11) is 0. The van der Waals surface area contributed by atoms with E-state index in [1.54, 1.807) is 29.2 Å². The molecule has 1 aromatic carbocycles. The number of hydrogen-bond donors (Lipinski definition) is 1. The molecule has 1 saturated heterocycles. The van der Waals surface area contributed by atoms with Crippen molar-refractivity contribution in [1.29, 1.82) is 5.26 Å². The smallest absolute Gasteiger partial charge is 0.254 e. The highest BCUT2D eigenvalue weighted by Gasteiger charge is 2.34. The summed E-state index contributed by atoms with van der Waals surface area (Å²) in [6.45, 7) is 3.23. The highest BCUT2D eigenvalue weighted by atomic mass is 16.2. The Balaban J connectivity index is 2.09. The lowest BCUT2D eigenvalue weighted by molar-refractivity contribution is -0.124. The molecule has 0 bridgehead atoms. The third-order valence-electron chi connectivity index (χ3n) is 3.63. The van der Waals surface area contributed by atoms with E-state index in [0.29, 0.717) is 30.6 Å². The van der Waals surface area contributed by atoms with Gasteiger partial charge in [-0.05, 0) is 43.5 Å². The molecular weight excluding hydrogens is 266 g/mol. The molecule has 1 atom stereocenters. The van der Waals surface area contributed by atoms with Crippen molar-refractivity contribution < 1.29 is 9.59 Å². The molecule has 2 amide bonds. The molecule has 0 spiro atoms. The molecule has 110 valence electrons. The maximum Gasteiger partial charge on any atom is 0.254 e. The number of nitrogens with zero attached hydrogens (tertiary/aromatic N) is 2. The van der Waals surface area contributed by atoms with Gasteiger partial charge in [0.1, 0.15) is 6.04 Å². The van der Waals surface area contributed by atoms with Crippen molar-refractivity contribution >= 4 is 11.8 Å². The van der Waals surface area contributed by atoms with Crippen LogP contribution in [0.25, 0.3) is 0 Å². The molecule has 1 N–H and O–H groups in total. The standard InChI is InChI=1S/C16H19N3O2/c1-2-9-18-15(20)14-4-3-10-19(14)16(21)13-7-5-12(11-17)6-8-13/h5-8,14H,2-4,9-10H2,1H3,(H,18,20). The second-order valence-corrected chi connectivity index (χ2v) is 5.14. The second kappa shape index (κ2) is 6.89. The maximum absolute atomic E-state index is 12.5. The van der Waals surface area contributed by atoms with Crippen LogP contribution < -0.4 is 5.32 Å². The zero-order valence-corrected chi connectivity index (χ0v) is 12.1. The Hall–Kier alpha value is -2.35. The molecular formula is C16H19N3O2. The van der Waals surface area contributed by atoms with Crippen LogP contribution in [0.1, 0.15) is 42.1 Å². The molecule has 1 unspecified atom stereocenters. The summed E-state index contributed by atoms with van der Waals surface area (Å²) in [5, 5.41) is 11.6. The van der Waals surface area contributed by atoms with Crippen LogP contribution in [0.15, 0.2) is 24.3 Å². The van der Waals surface area contributed by atoms with Gasteiger partial charge in [0.05, 0.1) is 11.6 Å². The first-order valence-corrected chi connectivity index (χ1v) is 7.26. The van der Waals surface area contributed by atoms with E-state index < -0.39 is 0 Å². The average Bonchev–Trinajstić information content (AvgIpc) is 3.01. The van der Waals surface area contributed by atoms with Gasteiger partial charge in [-0.15, -0.1) is 0 Å². The maximum atomic E-state index is 12.5. The molecule has 2 rings (SSSR count). The highest BCUT2D eigenvalue weighted by Crippen LogP contribution is 2.20. The molecule has 21 heavy (non-hydrogen) atoms. The molecule has 0 radical (unpaired) electrons. The fourth-order valence-electron chi connectivity index (χ4n) is 2.50. The Kier molecular flexibility index (Phi) is 4.94. The van der Waals surface area contributed by atoms with Crippen LogP contribution in [-0.4, -0.2) is 35.8 Å². The number of rotatable bonds is 4. The monoisotopic (exact) mass is 285 g/mol. The van der Waals surface area contributed by atoms with E-state index in [4.69, 9.17) is 5.26 Å². The van der Waals surface area contributed by atoms with Gasteiger partial charge in [-0.2, -0.15) is 5.26 Å². The number of carbonyl (C=O) groups is 2. The van der Waals surface area contributed by atoms with Crippen molar-refractivity contribution in [2.24, 2.45) is 0 Å². The van der Waals surface area contributed by atoms with E-state index in [1.165, 1.54) is 0 Å². The normalized spacial score (nSPS) is 17.3. The summed E-state index contributed by atoms with van der Waals surface area (Å²) in [4.78, 5) is 26.2. The van der Waals surface area contributed by atoms with E-state index in [9.17, 15) is 9.59 Å². The number of carbonyl (C=O) groups excluding carboxylic acids is 2. The molecule has 1 aliphatic heterocycles. The summed E-state index contributed by atoms with van der Waals surface area (Å²) in [5.41, 5.74) is 1.04. The molecule has 5 heteroatoms. The minimum atomic E-state index is -0.375. The second-order valence-electron chi connectivity index (χ2n) is 5.14. The topological polar surface area (TPSA) is 73.2 Å². The van der Waals surface area contributed by atoms with Crippen LogP contribution in [0.2, 0.25) is 0 Å². The van der Waals surface area contributed by atoms with E-state index in [-0.39, 0.29) is 17.9 Å². The Morgan fingerprint density at radius 2 is 2.10 bits per heavy atom. The third-order valence-corrected chi connectivity index (χ3v) is 3.63. The molecule has 1 aromatic rings. The first-order chi connectivity index (χ1) is 10.2. The van der Waals surface area contributed by atoms with Gasteiger partial charge in [0.2, 0.25) is 5.91 Å². The Labute approximate surface area is 124 Å². The molecule has 0 aliphatic carbocycles. The van der Waals surface area contributed by atoms with Gasteiger partial charge in [-0.1, -0.05) is 6.92 Å². The first kappa shape index (κ1) is 15.0. The zero-order chi connectivity index (χ0) is 15.2. The van der Waals surface area contributed by atoms with Gasteiger partial charge in [-0.3, -0.25) is 9.59 Å². The fourth-order valence-corrected chi connectivity index (χ4v) is 2.50. The van der Waals surface area contributed by atoms with Crippen molar-refractivity contribution in [3.05, 3.63) is 35.4 Å². The van der Waals surface area contributed by atoms with Crippen LogP contribution in [0.3, 0.4) is 0 Å². The van der Waals surface area contributed by atoms with Gasteiger partial charge in [0.15, 0.2) is 0 Å². The van der Waals surface area contributed by atoms with Gasteiger partial charge in [0, 0.05) is 18.7 Å². The van der Waals surface area contributed by atoms with Crippen molar-refractivity contribution in [2.75, 3.05) is 13.1 Å². The van der Waals surface area contributed by atoms with Crippen molar-refractivity contribution in [1.82, 2.24) is 10.2 Å². The van der Waals surface area contributed by atoms with E-state index in [0.717, 1.165) is 12.8 Å². The number of nitriles is 1. The summed E-state index contributed by atoms with van der Waals surface area (Å²) in [5.74, 6) is -0.218. The van der Waals surface area contributed by atoms with Crippen LogP contribution in [0, 0.1) is 11.3 Å². The fraction of sp³-hybridized carbons (Fsp3) is 0.438. The molecule has 1 fully saturated rings. The minimum Gasteiger partial charge on any atom is -0.354 e. The number of amides is 2. The number of hydrogen-bond acceptors (Lipinski definition) is 3. The van der Waals surface area contributed by atoms with E-state index >= 15 is 0 Å². The largest absolute Gasteiger partial charge is 0.354 e. The first-order valence-electron chi connectivity index (χ1n) is 7.26. The molecule has 1 heterocycles. The molecule has 5 nitrogen and oxygen atoms in total. The Bertz CT molecular complexity index is 560. The third kappa shape index (κ3) is 3.40. The van der Waals surface area contributed by atoms with Gasteiger partial charge < -0.3 is 10.2 Å². The average molecular weight is 285 g/mol. The summed E-state index contributed by atoms with van der Waals surface area (Å²) in [6.07, 6.45) is 2.42.